The molecule has 1 fully saturated rings. The third-order valence-corrected chi connectivity index (χ3v) is 4.42. The summed E-state index contributed by atoms with van der Waals surface area (Å²) in [6.07, 6.45) is 4.14. The van der Waals surface area contributed by atoms with Gasteiger partial charge in [-0.2, -0.15) is 0 Å². The van der Waals surface area contributed by atoms with E-state index in [1.165, 1.54) is 0 Å². The number of rotatable bonds is 4. The maximum Gasteiger partial charge on any atom is 0.160 e. The zero-order chi connectivity index (χ0) is 13.1. The van der Waals surface area contributed by atoms with Crippen molar-refractivity contribution in [2.75, 3.05) is 6.61 Å². The zero-order valence-electron chi connectivity index (χ0n) is 9.77. The standard InChI is InChI=1S/C13H14BrClF2O/c14-10(4-3-8-2-1-5-18-8)9-6-12(16)13(17)7-11(9)15/h6-8,10H,1-5H2. The van der Waals surface area contributed by atoms with Crippen LogP contribution in [0.5, 0.6) is 0 Å². The number of alkyl halides is 1. The summed E-state index contributed by atoms with van der Waals surface area (Å²) in [7, 11) is 0. The molecule has 1 saturated heterocycles. The monoisotopic (exact) mass is 338 g/mol. The minimum atomic E-state index is -0.914. The van der Waals surface area contributed by atoms with Gasteiger partial charge in [0.1, 0.15) is 0 Å². The summed E-state index contributed by atoms with van der Waals surface area (Å²) in [6, 6.07) is 2.18. The van der Waals surface area contributed by atoms with Crippen molar-refractivity contribution in [3.8, 4) is 0 Å². The zero-order valence-corrected chi connectivity index (χ0v) is 12.1. The summed E-state index contributed by atoms with van der Waals surface area (Å²) >= 11 is 9.40. The smallest absolute Gasteiger partial charge is 0.160 e. The predicted molar refractivity (Wildman–Crippen MR) is 71.2 cm³/mol. The fourth-order valence-electron chi connectivity index (χ4n) is 2.14. The highest BCUT2D eigenvalue weighted by Crippen LogP contribution is 2.35. The Balaban J connectivity index is 1.99. The first kappa shape index (κ1) is 14.2. The topological polar surface area (TPSA) is 9.23 Å². The molecule has 1 aromatic rings. The van der Waals surface area contributed by atoms with Gasteiger partial charge < -0.3 is 4.74 Å². The lowest BCUT2D eigenvalue weighted by atomic mass is 10.0. The van der Waals surface area contributed by atoms with Gasteiger partial charge in [0, 0.05) is 16.5 Å². The summed E-state index contributed by atoms with van der Waals surface area (Å²) in [5, 5.41) is 0.253. The molecule has 2 atom stereocenters. The second-order valence-electron chi connectivity index (χ2n) is 4.47. The molecular formula is C13H14BrClF2O. The SMILES string of the molecule is Fc1cc(Cl)c(C(Br)CCC2CCCO2)cc1F. The van der Waals surface area contributed by atoms with Gasteiger partial charge in [0.15, 0.2) is 11.6 Å². The van der Waals surface area contributed by atoms with Crippen molar-refractivity contribution in [2.24, 2.45) is 0 Å². The van der Waals surface area contributed by atoms with Crippen LogP contribution in [-0.2, 0) is 4.74 Å². The largest absolute Gasteiger partial charge is 0.378 e. The van der Waals surface area contributed by atoms with Gasteiger partial charge in [0.05, 0.1) is 6.10 Å². The quantitative estimate of drug-likeness (QED) is 0.553. The van der Waals surface area contributed by atoms with E-state index in [2.05, 4.69) is 15.9 Å². The Kier molecular flexibility index (Phi) is 4.98. The summed E-state index contributed by atoms with van der Waals surface area (Å²) in [4.78, 5) is -0.0794. The van der Waals surface area contributed by atoms with Gasteiger partial charge >= 0.3 is 0 Å². The lowest BCUT2D eigenvalue weighted by Gasteiger charge is -2.15. The fraction of sp³-hybridized carbons (Fsp3) is 0.538. The molecule has 0 aromatic heterocycles. The van der Waals surface area contributed by atoms with E-state index in [1.54, 1.807) is 0 Å². The van der Waals surface area contributed by atoms with Crippen LogP contribution >= 0.6 is 27.5 Å². The van der Waals surface area contributed by atoms with Gasteiger partial charge in [-0.25, -0.2) is 8.78 Å². The summed E-state index contributed by atoms with van der Waals surface area (Å²) in [5.41, 5.74) is 0.591. The van der Waals surface area contributed by atoms with Crippen molar-refractivity contribution in [1.29, 1.82) is 0 Å². The Bertz CT molecular complexity index is 422. The van der Waals surface area contributed by atoms with Gasteiger partial charge in [-0.1, -0.05) is 27.5 Å². The van der Waals surface area contributed by atoms with Crippen molar-refractivity contribution < 1.29 is 13.5 Å². The van der Waals surface area contributed by atoms with Gasteiger partial charge in [-0.3, -0.25) is 0 Å². The second kappa shape index (κ2) is 6.31. The summed E-state index contributed by atoms with van der Waals surface area (Å²) in [6.45, 7) is 0.823. The Morgan fingerprint density at radius 1 is 1.39 bits per heavy atom. The van der Waals surface area contributed by atoms with Gasteiger partial charge in [-0.15, -0.1) is 0 Å². The molecule has 1 aromatic carbocycles. The normalized spacial score (nSPS) is 21.2. The van der Waals surface area contributed by atoms with Crippen LogP contribution in [0.3, 0.4) is 0 Å². The molecule has 0 N–H and O–H groups in total. The molecule has 2 unspecified atom stereocenters. The van der Waals surface area contributed by atoms with E-state index in [4.69, 9.17) is 16.3 Å². The van der Waals surface area contributed by atoms with E-state index >= 15 is 0 Å². The van der Waals surface area contributed by atoms with Crippen LogP contribution in [0.4, 0.5) is 8.78 Å². The first-order valence-electron chi connectivity index (χ1n) is 5.98. The van der Waals surface area contributed by atoms with E-state index in [0.29, 0.717) is 5.56 Å². The second-order valence-corrected chi connectivity index (χ2v) is 5.98. The molecule has 1 aliphatic rings. The van der Waals surface area contributed by atoms with Crippen LogP contribution < -0.4 is 0 Å². The van der Waals surface area contributed by atoms with Crippen molar-refractivity contribution >= 4 is 27.5 Å². The average Bonchev–Trinajstić information content (AvgIpc) is 2.84. The lowest BCUT2D eigenvalue weighted by molar-refractivity contribution is 0.102. The van der Waals surface area contributed by atoms with Crippen molar-refractivity contribution in [2.45, 2.75) is 36.6 Å². The molecule has 5 heteroatoms. The van der Waals surface area contributed by atoms with Crippen molar-refractivity contribution in [3.05, 3.63) is 34.4 Å². The molecular weight excluding hydrogens is 325 g/mol. The first-order valence-corrected chi connectivity index (χ1v) is 7.27. The molecule has 0 saturated carbocycles. The molecule has 0 bridgehead atoms. The number of ether oxygens (including phenoxy) is 1. The highest BCUT2D eigenvalue weighted by molar-refractivity contribution is 9.09. The van der Waals surface area contributed by atoms with Crippen LogP contribution in [0.15, 0.2) is 12.1 Å². The summed E-state index contributed by atoms with van der Waals surface area (Å²) < 4.78 is 31.7. The Hall–Kier alpha value is -0.190. The molecule has 0 radical (unpaired) electrons. The van der Waals surface area contributed by atoms with Crippen LogP contribution in [0, 0.1) is 11.6 Å². The Morgan fingerprint density at radius 2 is 2.11 bits per heavy atom. The van der Waals surface area contributed by atoms with Crippen LogP contribution in [0.2, 0.25) is 5.02 Å². The molecule has 0 spiro atoms. The minimum Gasteiger partial charge on any atom is -0.378 e. The fourth-order valence-corrected chi connectivity index (χ4v) is 3.19. The predicted octanol–water partition coefficient (Wildman–Crippen LogP) is 5.01. The highest BCUT2D eigenvalue weighted by atomic mass is 79.9. The number of hydrogen-bond donors (Lipinski definition) is 0. The molecule has 100 valence electrons. The average molecular weight is 340 g/mol. The maximum absolute atomic E-state index is 13.2. The van der Waals surface area contributed by atoms with Crippen LogP contribution in [0.25, 0.3) is 0 Å². The number of hydrogen-bond acceptors (Lipinski definition) is 1. The lowest BCUT2D eigenvalue weighted by Crippen LogP contribution is -2.06. The maximum atomic E-state index is 13.2. The third-order valence-electron chi connectivity index (χ3n) is 3.14. The third kappa shape index (κ3) is 3.43. The molecule has 18 heavy (non-hydrogen) atoms. The Morgan fingerprint density at radius 3 is 2.78 bits per heavy atom. The van der Waals surface area contributed by atoms with E-state index in [1.807, 2.05) is 0 Å². The van der Waals surface area contributed by atoms with Gasteiger partial charge in [-0.05, 0) is 43.4 Å². The van der Waals surface area contributed by atoms with Crippen LogP contribution in [-0.4, -0.2) is 12.7 Å². The first-order chi connectivity index (χ1) is 8.58. The van der Waals surface area contributed by atoms with Gasteiger partial charge in [0.2, 0.25) is 0 Å². The van der Waals surface area contributed by atoms with E-state index in [9.17, 15) is 8.78 Å². The van der Waals surface area contributed by atoms with Crippen molar-refractivity contribution in [3.63, 3.8) is 0 Å². The van der Waals surface area contributed by atoms with Crippen LogP contribution in [0.1, 0.15) is 36.1 Å². The number of halogens is 4. The molecule has 1 heterocycles. The highest BCUT2D eigenvalue weighted by Gasteiger charge is 2.20. The van der Waals surface area contributed by atoms with E-state index in [0.717, 1.165) is 44.4 Å². The molecule has 1 nitrogen and oxygen atoms in total. The van der Waals surface area contributed by atoms with Crippen molar-refractivity contribution in [1.82, 2.24) is 0 Å². The molecule has 0 aliphatic carbocycles. The number of benzene rings is 1. The molecule has 0 amide bonds. The minimum absolute atomic E-state index is 0.0794. The Labute approximate surface area is 119 Å². The van der Waals surface area contributed by atoms with E-state index < -0.39 is 11.6 Å². The van der Waals surface area contributed by atoms with Gasteiger partial charge in [0.25, 0.3) is 0 Å². The molecule has 1 aliphatic heterocycles. The van der Waals surface area contributed by atoms with E-state index in [-0.39, 0.29) is 16.0 Å². The molecule has 2 rings (SSSR count). The summed E-state index contributed by atoms with van der Waals surface area (Å²) in [5.74, 6) is -1.78.